The van der Waals surface area contributed by atoms with Crippen molar-refractivity contribution in [3.05, 3.63) is 44.6 Å². The molecule has 3 nitrogen and oxygen atoms in total. The van der Waals surface area contributed by atoms with Gasteiger partial charge >= 0.3 is 0 Å². The van der Waals surface area contributed by atoms with E-state index in [2.05, 4.69) is 35.0 Å². The first kappa shape index (κ1) is 14.4. The molecule has 2 N–H and O–H groups in total. The highest BCUT2D eigenvalue weighted by molar-refractivity contribution is 9.10. The SMILES string of the molecule is COc1ccc(OC(CN)c2ccc(C)s2)c(Br)c1. The predicted molar refractivity (Wildman–Crippen MR) is 82.2 cm³/mol. The smallest absolute Gasteiger partial charge is 0.145 e. The van der Waals surface area contributed by atoms with Gasteiger partial charge in [0.05, 0.1) is 11.6 Å². The summed E-state index contributed by atoms with van der Waals surface area (Å²) >= 11 is 5.19. The summed E-state index contributed by atoms with van der Waals surface area (Å²) < 4.78 is 12.0. The van der Waals surface area contributed by atoms with Crippen molar-refractivity contribution < 1.29 is 9.47 Å². The molecule has 0 aliphatic rings. The Bertz CT molecular complexity index is 556. The molecule has 102 valence electrons. The maximum Gasteiger partial charge on any atom is 0.145 e. The third-order valence-electron chi connectivity index (χ3n) is 2.70. The Morgan fingerprint density at radius 2 is 2.11 bits per heavy atom. The van der Waals surface area contributed by atoms with E-state index in [9.17, 15) is 0 Å². The van der Waals surface area contributed by atoms with E-state index in [1.54, 1.807) is 18.4 Å². The summed E-state index contributed by atoms with van der Waals surface area (Å²) in [6.45, 7) is 2.52. The molecule has 0 radical (unpaired) electrons. The summed E-state index contributed by atoms with van der Waals surface area (Å²) in [7, 11) is 1.64. The van der Waals surface area contributed by atoms with Gasteiger partial charge in [-0.15, -0.1) is 11.3 Å². The van der Waals surface area contributed by atoms with Gasteiger partial charge in [-0.2, -0.15) is 0 Å². The Kier molecular flexibility index (Phi) is 4.85. The zero-order valence-electron chi connectivity index (χ0n) is 10.9. The van der Waals surface area contributed by atoms with Crippen LogP contribution in [0.4, 0.5) is 0 Å². The number of hydrogen-bond acceptors (Lipinski definition) is 4. The molecule has 1 atom stereocenters. The summed E-state index contributed by atoms with van der Waals surface area (Å²) in [5, 5.41) is 0. The van der Waals surface area contributed by atoms with Crippen LogP contribution in [-0.4, -0.2) is 13.7 Å². The van der Waals surface area contributed by atoms with Crippen LogP contribution in [0.15, 0.2) is 34.8 Å². The first-order valence-corrected chi connectivity index (χ1v) is 7.51. The molecule has 0 aliphatic carbocycles. The summed E-state index contributed by atoms with van der Waals surface area (Å²) in [5.41, 5.74) is 5.81. The van der Waals surface area contributed by atoms with Crippen LogP contribution < -0.4 is 15.2 Å². The molecule has 0 aliphatic heterocycles. The molecule has 0 bridgehead atoms. The standard InChI is InChI=1S/C14H16BrNO2S/c1-9-3-6-14(19-9)13(8-16)18-12-5-4-10(17-2)7-11(12)15/h3-7,13H,8,16H2,1-2H3. The van der Waals surface area contributed by atoms with E-state index >= 15 is 0 Å². The third-order valence-corrected chi connectivity index (χ3v) is 4.41. The van der Waals surface area contributed by atoms with E-state index in [0.717, 1.165) is 20.8 Å². The normalized spacial score (nSPS) is 12.2. The first-order valence-electron chi connectivity index (χ1n) is 5.90. The Morgan fingerprint density at radius 1 is 1.32 bits per heavy atom. The average molecular weight is 342 g/mol. The molecule has 0 saturated heterocycles. The Labute approximate surface area is 125 Å². The van der Waals surface area contributed by atoms with Crippen LogP contribution in [0.3, 0.4) is 0 Å². The molecule has 2 rings (SSSR count). The maximum absolute atomic E-state index is 5.98. The van der Waals surface area contributed by atoms with Gasteiger partial charge in [0.1, 0.15) is 17.6 Å². The number of benzene rings is 1. The van der Waals surface area contributed by atoms with E-state index in [0.29, 0.717) is 6.54 Å². The van der Waals surface area contributed by atoms with Gasteiger partial charge in [-0.3, -0.25) is 0 Å². The lowest BCUT2D eigenvalue weighted by Gasteiger charge is -2.17. The van der Waals surface area contributed by atoms with Crippen molar-refractivity contribution in [1.29, 1.82) is 0 Å². The number of hydrogen-bond donors (Lipinski definition) is 1. The van der Waals surface area contributed by atoms with Crippen LogP contribution in [0.2, 0.25) is 0 Å². The van der Waals surface area contributed by atoms with E-state index in [1.807, 2.05) is 18.2 Å². The molecule has 0 amide bonds. The first-order chi connectivity index (χ1) is 9.13. The Balaban J connectivity index is 2.19. The van der Waals surface area contributed by atoms with E-state index < -0.39 is 0 Å². The van der Waals surface area contributed by atoms with Crippen molar-refractivity contribution in [2.45, 2.75) is 13.0 Å². The lowest BCUT2D eigenvalue weighted by molar-refractivity contribution is 0.216. The van der Waals surface area contributed by atoms with Crippen LogP contribution in [0.1, 0.15) is 15.9 Å². The van der Waals surface area contributed by atoms with Crippen molar-refractivity contribution >= 4 is 27.3 Å². The summed E-state index contributed by atoms with van der Waals surface area (Å²) in [5.74, 6) is 1.55. The van der Waals surface area contributed by atoms with E-state index in [1.165, 1.54) is 4.88 Å². The minimum Gasteiger partial charge on any atom is -0.497 e. The second-order valence-corrected chi connectivity index (χ2v) is 6.26. The topological polar surface area (TPSA) is 44.5 Å². The van der Waals surface area contributed by atoms with Gasteiger partial charge in [0, 0.05) is 16.3 Å². The second kappa shape index (κ2) is 6.41. The third kappa shape index (κ3) is 3.49. The molecule has 2 aromatic rings. The number of ether oxygens (including phenoxy) is 2. The van der Waals surface area contributed by atoms with Gasteiger partial charge in [-0.1, -0.05) is 0 Å². The molecule has 0 saturated carbocycles. The lowest BCUT2D eigenvalue weighted by atomic mass is 10.2. The van der Waals surface area contributed by atoms with Gasteiger partial charge in [0.15, 0.2) is 0 Å². The highest BCUT2D eigenvalue weighted by Crippen LogP contribution is 2.33. The minimum atomic E-state index is -0.122. The fourth-order valence-corrected chi connectivity index (χ4v) is 3.08. The second-order valence-electron chi connectivity index (χ2n) is 4.09. The molecule has 1 aromatic heterocycles. The molecule has 1 heterocycles. The van der Waals surface area contributed by atoms with Gasteiger partial charge in [-0.25, -0.2) is 0 Å². The molecule has 1 aromatic carbocycles. The fraction of sp³-hybridized carbons (Fsp3) is 0.286. The molecule has 19 heavy (non-hydrogen) atoms. The average Bonchev–Trinajstić information content (AvgIpc) is 2.83. The zero-order chi connectivity index (χ0) is 13.8. The number of nitrogens with two attached hydrogens (primary N) is 1. The van der Waals surface area contributed by atoms with Crippen LogP contribution >= 0.6 is 27.3 Å². The fourth-order valence-electron chi connectivity index (χ4n) is 1.71. The van der Waals surface area contributed by atoms with Gasteiger partial charge in [0.25, 0.3) is 0 Å². The number of rotatable bonds is 5. The number of thiophene rings is 1. The summed E-state index contributed by atoms with van der Waals surface area (Å²) in [6, 6.07) is 9.77. The summed E-state index contributed by atoms with van der Waals surface area (Å²) in [6.07, 6.45) is -0.122. The van der Waals surface area contributed by atoms with Crippen molar-refractivity contribution in [3.63, 3.8) is 0 Å². The monoisotopic (exact) mass is 341 g/mol. The van der Waals surface area contributed by atoms with E-state index in [4.69, 9.17) is 15.2 Å². The summed E-state index contributed by atoms with van der Waals surface area (Å²) in [4.78, 5) is 2.40. The van der Waals surface area contributed by atoms with Gasteiger partial charge < -0.3 is 15.2 Å². The van der Waals surface area contributed by atoms with Gasteiger partial charge in [0.2, 0.25) is 0 Å². The molecule has 0 fully saturated rings. The van der Waals surface area contributed by atoms with E-state index in [-0.39, 0.29) is 6.10 Å². The van der Waals surface area contributed by atoms with Crippen LogP contribution in [0.5, 0.6) is 11.5 Å². The lowest BCUT2D eigenvalue weighted by Crippen LogP contribution is -2.17. The molecular weight excluding hydrogens is 326 g/mol. The molecule has 1 unspecified atom stereocenters. The minimum absolute atomic E-state index is 0.122. The molecule has 5 heteroatoms. The van der Waals surface area contributed by atoms with Crippen molar-refractivity contribution in [1.82, 2.24) is 0 Å². The number of methoxy groups -OCH3 is 1. The predicted octanol–water partition coefficient (Wildman–Crippen LogP) is 3.91. The quantitative estimate of drug-likeness (QED) is 0.896. The largest absolute Gasteiger partial charge is 0.497 e. The Morgan fingerprint density at radius 3 is 2.63 bits per heavy atom. The van der Waals surface area contributed by atoms with Crippen molar-refractivity contribution in [3.8, 4) is 11.5 Å². The highest BCUT2D eigenvalue weighted by atomic mass is 79.9. The zero-order valence-corrected chi connectivity index (χ0v) is 13.3. The molecule has 0 spiro atoms. The maximum atomic E-state index is 5.98. The van der Waals surface area contributed by atoms with Crippen LogP contribution in [-0.2, 0) is 0 Å². The number of halogens is 1. The Hall–Kier alpha value is -1.04. The van der Waals surface area contributed by atoms with Crippen LogP contribution in [0, 0.1) is 6.92 Å². The highest BCUT2D eigenvalue weighted by Gasteiger charge is 2.15. The van der Waals surface area contributed by atoms with Crippen LogP contribution in [0.25, 0.3) is 0 Å². The van der Waals surface area contributed by atoms with Gasteiger partial charge in [-0.05, 0) is 53.2 Å². The number of aryl methyl sites for hydroxylation is 1. The van der Waals surface area contributed by atoms with Crippen molar-refractivity contribution in [2.75, 3.05) is 13.7 Å². The molecular formula is C14H16BrNO2S. The van der Waals surface area contributed by atoms with Crippen molar-refractivity contribution in [2.24, 2.45) is 5.73 Å².